The maximum atomic E-state index is 13.3. The van der Waals surface area contributed by atoms with Gasteiger partial charge in [0, 0.05) is 23.7 Å². The number of amides is 1. The van der Waals surface area contributed by atoms with E-state index in [0.717, 1.165) is 11.3 Å². The summed E-state index contributed by atoms with van der Waals surface area (Å²) >= 11 is 1.09. The van der Waals surface area contributed by atoms with Gasteiger partial charge in [-0.25, -0.2) is 17.8 Å². The van der Waals surface area contributed by atoms with E-state index < -0.39 is 45.6 Å². The number of sulfonamides is 1. The maximum absolute atomic E-state index is 13.3. The molecule has 1 amide bonds. The molecule has 0 spiro atoms. The second kappa shape index (κ2) is 8.40. The van der Waals surface area contributed by atoms with Gasteiger partial charge >= 0.3 is 6.18 Å². The first-order chi connectivity index (χ1) is 14.1. The van der Waals surface area contributed by atoms with Crippen molar-refractivity contribution in [2.75, 3.05) is 4.72 Å². The van der Waals surface area contributed by atoms with Gasteiger partial charge in [-0.15, -0.1) is 11.3 Å². The predicted molar refractivity (Wildman–Crippen MR) is 102 cm³/mol. The number of halogens is 4. The SMILES string of the molecule is O=C(NCc1cc(F)ccc1C(F)(F)F)c1ccc(S(=O)(=O)Nc2nccs2)cc1. The third-order valence-electron chi connectivity index (χ3n) is 3.89. The van der Waals surface area contributed by atoms with E-state index in [1.54, 1.807) is 5.38 Å². The van der Waals surface area contributed by atoms with Gasteiger partial charge in [-0.1, -0.05) is 0 Å². The number of alkyl halides is 3. The summed E-state index contributed by atoms with van der Waals surface area (Å²) < 4.78 is 79.2. The summed E-state index contributed by atoms with van der Waals surface area (Å²) in [6.07, 6.45) is -3.27. The number of carbonyl (C=O) groups is 1. The predicted octanol–water partition coefficient (Wildman–Crippen LogP) is 4.03. The molecule has 0 atom stereocenters. The number of nitrogens with zero attached hydrogens (tertiary/aromatic N) is 1. The lowest BCUT2D eigenvalue weighted by molar-refractivity contribution is -0.138. The first kappa shape index (κ1) is 21.7. The highest BCUT2D eigenvalue weighted by molar-refractivity contribution is 7.93. The van der Waals surface area contributed by atoms with Gasteiger partial charge in [0.15, 0.2) is 5.13 Å². The van der Waals surface area contributed by atoms with Crippen molar-refractivity contribution in [2.24, 2.45) is 0 Å². The van der Waals surface area contributed by atoms with Crippen LogP contribution in [0.5, 0.6) is 0 Å². The fourth-order valence-electron chi connectivity index (χ4n) is 2.50. The average Bonchev–Trinajstić information content (AvgIpc) is 3.17. The summed E-state index contributed by atoms with van der Waals surface area (Å²) in [5.74, 6) is -1.61. The molecule has 0 unspecified atom stereocenters. The van der Waals surface area contributed by atoms with Crippen LogP contribution in [0.2, 0.25) is 0 Å². The van der Waals surface area contributed by atoms with Crippen LogP contribution in [0.1, 0.15) is 21.5 Å². The van der Waals surface area contributed by atoms with Crippen LogP contribution in [0.15, 0.2) is 58.9 Å². The van der Waals surface area contributed by atoms with Crippen molar-refractivity contribution in [1.82, 2.24) is 10.3 Å². The lowest BCUT2D eigenvalue weighted by atomic mass is 10.1. The molecule has 0 fully saturated rings. The molecular formula is C18H13F4N3O3S2. The Morgan fingerprint density at radius 1 is 1.10 bits per heavy atom. The van der Waals surface area contributed by atoms with E-state index >= 15 is 0 Å². The molecule has 3 aromatic rings. The first-order valence-corrected chi connectivity index (χ1v) is 10.6. The smallest absolute Gasteiger partial charge is 0.348 e. The Morgan fingerprint density at radius 3 is 2.40 bits per heavy atom. The molecule has 3 rings (SSSR count). The minimum atomic E-state index is -4.70. The number of carbonyl (C=O) groups excluding carboxylic acids is 1. The fraction of sp³-hybridized carbons (Fsp3) is 0.111. The second-order valence-electron chi connectivity index (χ2n) is 5.95. The third-order valence-corrected chi connectivity index (χ3v) is 6.07. The van der Waals surface area contributed by atoms with E-state index in [1.807, 2.05) is 0 Å². The summed E-state index contributed by atoms with van der Waals surface area (Å²) in [7, 11) is -3.91. The minimum absolute atomic E-state index is 0.0214. The normalized spacial score (nSPS) is 11.9. The molecule has 0 aliphatic carbocycles. The Balaban J connectivity index is 1.71. The summed E-state index contributed by atoms with van der Waals surface area (Å²) in [5.41, 5.74) is -1.46. The molecule has 0 radical (unpaired) electrons. The Hall–Kier alpha value is -2.99. The standard InChI is InChI=1S/C18H13F4N3O3S2/c19-13-3-6-15(18(20,21)22)12(9-13)10-24-16(26)11-1-4-14(5-2-11)30(27,28)25-17-23-7-8-29-17/h1-9H,10H2,(H,23,25)(H,24,26). The number of hydrogen-bond donors (Lipinski definition) is 2. The van der Waals surface area contributed by atoms with E-state index in [9.17, 15) is 30.8 Å². The lowest BCUT2D eigenvalue weighted by Gasteiger charge is -2.13. The van der Waals surface area contributed by atoms with Crippen molar-refractivity contribution in [3.8, 4) is 0 Å². The Bertz CT molecular complexity index is 1150. The maximum Gasteiger partial charge on any atom is 0.416 e. The summed E-state index contributed by atoms with van der Waals surface area (Å²) in [4.78, 5) is 15.9. The van der Waals surface area contributed by atoms with Crippen LogP contribution in [0.3, 0.4) is 0 Å². The number of aromatic nitrogens is 1. The molecular weight excluding hydrogens is 446 g/mol. The summed E-state index contributed by atoms with van der Waals surface area (Å²) in [5, 5.41) is 4.04. The molecule has 30 heavy (non-hydrogen) atoms. The summed E-state index contributed by atoms with van der Waals surface area (Å²) in [6.45, 7) is -0.558. The number of nitrogens with one attached hydrogen (secondary N) is 2. The quantitative estimate of drug-likeness (QED) is 0.545. The van der Waals surface area contributed by atoms with Gasteiger partial charge in [-0.05, 0) is 48.0 Å². The number of benzene rings is 2. The molecule has 158 valence electrons. The molecule has 0 aliphatic rings. The highest BCUT2D eigenvalue weighted by Crippen LogP contribution is 2.32. The first-order valence-electron chi connectivity index (χ1n) is 8.22. The number of anilines is 1. The Kier molecular flexibility index (Phi) is 6.08. The van der Waals surface area contributed by atoms with Crippen molar-refractivity contribution in [2.45, 2.75) is 17.6 Å². The zero-order chi connectivity index (χ0) is 21.9. The van der Waals surface area contributed by atoms with Gasteiger partial charge in [-0.3, -0.25) is 9.52 Å². The largest absolute Gasteiger partial charge is 0.416 e. The topological polar surface area (TPSA) is 88.2 Å². The zero-order valence-corrected chi connectivity index (χ0v) is 16.5. The Morgan fingerprint density at radius 2 is 1.80 bits per heavy atom. The van der Waals surface area contributed by atoms with Crippen LogP contribution in [0, 0.1) is 5.82 Å². The van der Waals surface area contributed by atoms with Crippen LogP contribution >= 0.6 is 11.3 Å². The molecule has 0 saturated carbocycles. The molecule has 0 saturated heterocycles. The van der Waals surface area contributed by atoms with E-state index in [2.05, 4.69) is 15.0 Å². The van der Waals surface area contributed by atoms with Crippen molar-refractivity contribution < 1.29 is 30.8 Å². The number of rotatable bonds is 6. The van der Waals surface area contributed by atoms with Gasteiger partial charge in [0.1, 0.15) is 5.82 Å². The number of hydrogen-bond acceptors (Lipinski definition) is 5. The van der Waals surface area contributed by atoms with E-state index in [0.29, 0.717) is 18.2 Å². The van der Waals surface area contributed by atoms with Crippen LogP contribution in [0.4, 0.5) is 22.7 Å². The van der Waals surface area contributed by atoms with Crippen LogP contribution in [0.25, 0.3) is 0 Å². The highest BCUT2D eigenvalue weighted by atomic mass is 32.2. The number of thiazole rings is 1. The van der Waals surface area contributed by atoms with Crippen LogP contribution in [-0.2, 0) is 22.7 Å². The third kappa shape index (κ3) is 5.13. The van der Waals surface area contributed by atoms with E-state index in [1.165, 1.54) is 30.5 Å². The lowest BCUT2D eigenvalue weighted by Crippen LogP contribution is -2.24. The fourth-order valence-corrected chi connectivity index (χ4v) is 4.28. The average molecular weight is 459 g/mol. The van der Waals surface area contributed by atoms with Crippen molar-refractivity contribution in [3.05, 3.63) is 76.5 Å². The molecule has 0 bridgehead atoms. The molecule has 6 nitrogen and oxygen atoms in total. The minimum Gasteiger partial charge on any atom is -0.348 e. The molecule has 2 N–H and O–H groups in total. The Labute approximate surface area is 172 Å². The zero-order valence-electron chi connectivity index (χ0n) is 14.9. The molecule has 0 aliphatic heterocycles. The van der Waals surface area contributed by atoms with Crippen molar-refractivity contribution in [1.29, 1.82) is 0 Å². The molecule has 1 heterocycles. The van der Waals surface area contributed by atoms with Crippen LogP contribution < -0.4 is 10.0 Å². The van der Waals surface area contributed by atoms with Crippen molar-refractivity contribution in [3.63, 3.8) is 0 Å². The van der Waals surface area contributed by atoms with Gasteiger partial charge in [0.2, 0.25) is 0 Å². The van der Waals surface area contributed by atoms with E-state index in [-0.39, 0.29) is 15.6 Å². The molecule has 2 aromatic carbocycles. The van der Waals surface area contributed by atoms with Gasteiger partial charge in [0.05, 0.1) is 10.5 Å². The van der Waals surface area contributed by atoms with Gasteiger partial charge < -0.3 is 5.32 Å². The second-order valence-corrected chi connectivity index (χ2v) is 8.53. The van der Waals surface area contributed by atoms with Crippen molar-refractivity contribution >= 4 is 32.4 Å². The van der Waals surface area contributed by atoms with Gasteiger partial charge in [0.25, 0.3) is 15.9 Å². The molecule has 12 heteroatoms. The molecule has 1 aromatic heterocycles. The van der Waals surface area contributed by atoms with E-state index in [4.69, 9.17) is 0 Å². The monoisotopic (exact) mass is 459 g/mol. The summed E-state index contributed by atoms with van der Waals surface area (Å²) in [6, 6.07) is 6.76. The van der Waals surface area contributed by atoms with Crippen LogP contribution in [-0.4, -0.2) is 19.3 Å². The highest BCUT2D eigenvalue weighted by Gasteiger charge is 2.33. The van der Waals surface area contributed by atoms with Gasteiger partial charge in [-0.2, -0.15) is 13.2 Å².